The van der Waals surface area contributed by atoms with E-state index in [0.717, 1.165) is 30.1 Å². The highest BCUT2D eigenvalue weighted by molar-refractivity contribution is 5.33. The Morgan fingerprint density at radius 3 is 2.26 bits per heavy atom. The molecule has 0 bridgehead atoms. The fourth-order valence-electron chi connectivity index (χ4n) is 11.0. The molecule has 0 amide bonds. The molecule has 31 heavy (non-hydrogen) atoms. The quantitative estimate of drug-likeness (QED) is 0.389. The van der Waals surface area contributed by atoms with Gasteiger partial charge in [0.25, 0.3) is 0 Å². The summed E-state index contributed by atoms with van der Waals surface area (Å²) >= 11 is 0. The van der Waals surface area contributed by atoms with E-state index in [1.165, 1.54) is 51.4 Å². The zero-order valence-electron chi connectivity index (χ0n) is 21.9. The first kappa shape index (κ1) is 22.5. The molecule has 5 aliphatic rings. The monoisotopic (exact) mass is 426 g/mol. The van der Waals surface area contributed by atoms with Crippen LogP contribution in [-0.2, 0) is 0 Å². The lowest BCUT2D eigenvalue weighted by Gasteiger charge is -2.71. The lowest BCUT2D eigenvalue weighted by atomic mass is 9.33. The molecule has 0 radical (unpaired) electrons. The lowest BCUT2D eigenvalue weighted by molar-refractivity contribution is -0.186. The third kappa shape index (κ3) is 2.65. The highest BCUT2D eigenvalue weighted by atomic mass is 16.3. The van der Waals surface area contributed by atoms with Crippen molar-refractivity contribution in [1.82, 2.24) is 0 Å². The Hall–Kier alpha value is -0.300. The van der Waals surface area contributed by atoms with Crippen molar-refractivity contribution in [3.63, 3.8) is 0 Å². The Morgan fingerprint density at radius 2 is 1.55 bits per heavy atom. The van der Waals surface area contributed by atoms with Crippen LogP contribution in [0.1, 0.15) is 113 Å². The number of rotatable bonds is 0. The van der Waals surface area contributed by atoms with Gasteiger partial charge in [-0.2, -0.15) is 0 Å². The molecule has 1 nitrogen and oxygen atoms in total. The zero-order valence-corrected chi connectivity index (χ0v) is 21.9. The molecule has 0 aromatic heterocycles. The Bertz CT molecular complexity index is 779. The van der Waals surface area contributed by atoms with Crippen molar-refractivity contribution in [3.05, 3.63) is 11.6 Å². The van der Waals surface area contributed by atoms with E-state index in [-0.39, 0.29) is 11.5 Å². The van der Waals surface area contributed by atoms with Gasteiger partial charge >= 0.3 is 0 Å². The Balaban J connectivity index is 1.58. The topological polar surface area (TPSA) is 20.2 Å². The Kier molecular flexibility index (Phi) is 4.82. The lowest BCUT2D eigenvalue weighted by Crippen LogP contribution is -2.64. The largest absolute Gasteiger partial charge is 0.393 e. The van der Waals surface area contributed by atoms with Gasteiger partial charge < -0.3 is 5.11 Å². The van der Waals surface area contributed by atoms with E-state index < -0.39 is 0 Å². The van der Waals surface area contributed by atoms with Crippen molar-refractivity contribution in [2.45, 2.75) is 119 Å². The van der Waals surface area contributed by atoms with Crippen molar-refractivity contribution in [3.8, 4) is 0 Å². The van der Waals surface area contributed by atoms with E-state index in [9.17, 15) is 5.11 Å². The van der Waals surface area contributed by atoms with E-state index in [4.69, 9.17) is 0 Å². The van der Waals surface area contributed by atoms with Crippen LogP contribution in [0, 0.1) is 56.7 Å². The van der Waals surface area contributed by atoms with Gasteiger partial charge in [0.2, 0.25) is 0 Å². The normalized spacial score (nSPS) is 58.3. The van der Waals surface area contributed by atoms with Gasteiger partial charge in [-0.25, -0.2) is 0 Å². The standard InChI is InChI=1S/C30H50O/c1-19-11-14-27(5)17-18-29(7)22-9-10-23-26(3,4)24(31)13-15-28(23,6)21(22)12-16-30(29,8)25(27)20(19)2/h9,19-21,23-25,31H,10-18H2,1-8H3/t19?,20-,21?,23?,24-,25+,27+,28+,29+,30?/m0/s1. The summed E-state index contributed by atoms with van der Waals surface area (Å²) in [5.41, 5.74) is 3.60. The summed E-state index contributed by atoms with van der Waals surface area (Å²) < 4.78 is 0. The molecule has 0 spiro atoms. The number of hydrogen-bond acceptors (Lipinski definition) is 1. The first-order valence-electron chi connectivity index (χ1n) is 13.7. The molecular weight excluding hydrogens is 376 g/mol. The summed E-state index contributed by atoms with van der Waals surface area (Å²) in [6.07, 6.45) is 14.5. The second-order valence-corrected chi connectivity index (χ2v) is 14.7. The van der Waals surface area contributed by atoms with Gasteiger partial charge in [-0.15, -0.1) is 0 Å². The van der Waals surface area contributed by atoms with Crippen LogP contribution < -0.4 is 0 Å². The number of allylic oxidation sites excluding steroid dienone is 2. The fraction of sp³-hybridized carbons (Fsp3) is 0.933. The third-order valence-electron chi connectivity index (χ3n) is 13.3. The minimum Gasteiger partial charge on any atom is -0.393 e. The smallest absolute Gasteiger partial charge is 0.0594 e. The maximum atomic E-state index is 10.9. The van der Waals surface area contributed by atoms with Crippen molar-refractivity contribution in [2.24, 2.45) is 56.7 Å². The van der Waals surface area contributed by atoms with E-state index in [2.05, 4.69) is 61.5 Å². The number of fused-ring (bicyclic) bond motifs is 7. The van der Waals surface area contributed by atoms with Crippen LogP contribution in [0.25, 0.3) is 0 Å². The molecule has 0 aliphatic heterocycles. The van der Waals surface area contributed by atoms with Crippen LogP contribution in [0.5, 0.6) is 0 Å². The molecule has 5 aliphatic carbocycles. The summed E-state index contributed by atoms with van der Waals surface area (Å²) in [6, 6.07) is 0. The van der Waals surface area contributed by atoms with Crippen LogP contribution >= 0.6 is 0 Å². The maximum absolute atomic E-state index is 10.9. The van der Waals surface area contributed by atoms with E-state index in [1.807, 2.05) is 5.57 Å². The molecule has 0 heterocycles. The van der Waals surface area contributed by atoms with Gasteiger partial charge in [0, 0.05) is 0 Å². The van der Waals surface area contributed by atoms with E-state index in [0.29, 0.717) is 27.6 Å². The molecule has 0 saturated heterocycles. The van der Waals surface area contributed by atoms with E-state index >= 15 is 0 Å². The van der Waals surface area contributed by atoms with Crippen LogP contribution in [-0.4, -0.2) is 11.2 Å². The second kappa shape index (κ2) is 6.64. The molecule has 1 heteroatoms. The minimum atomic E-state index is -0.134. The molecule has 4 unspecified atom stereocenters. The van der Waals surface area contributed by atoms with Crippen molar-refractivity contribution in [1.29, 1.82) is 0 Å². The Labute approximate surface area is 192 Å². The first-order chi connectivity index (χ1) is 14.3. The Morgan fingerprint density at radius 1 is 0.839 bits per heavy atom. The van der Waals surface area contributed by atoms with E-state index in [1.54, 1.807) is 0 Å². The molecule has 0 aromatic rings. The second-order valence-electron chi connectivity index (χ2n) is 14.7. The zero-order chi connectivity index (χ0) is 22.6. The molecule has 10 atom stereocenters. The highest BCUT2D eigenvalue weighted by Gasteiger charge is 2.67. The summed E-state index contributed by atoms with van der Waals surface area (Å²) in [5.74, 6) is 3.93. The summed E-state index contributed by atoms with van der Waals surface area (Å²) in [7, 11) is 0. The highest BCUT2D eigenvalue weighted by Crippen LogP contribution is 2.75. The summed E-state index contributed by atoms with van der Waals surface area (Å²) in [4.78, 5) is 0. The predicted octanol–water partition coefficient (Wildman–Crippen LogP) is 8.02. The molecular formula is C30H50O. The maximum Gasteiger partial charge on any atom is 0.0594 e. The summed E-state index contributed by atoms with van der Waals surface area (Å²) in [5, 5.41) is 10.9. The van der Waals surface area contributed by atoms with Gasteiger partial charge in [-0.05, 0) is 114 Å². The fourth-order valence-corrected chi connectivity index (χ4v) is 11.0. The molecule has 5 rings (SSSR count). The first-order valence-corrected chi connectivity index (χ1v) is 13.7. The number of aliphatic hydroxyl groups excluding tert-OH is 1. The number of hydrogen-bond donors (Lipinski definition) is 1. The van der Waals surface area contributed by atoms with Crippen molar-refractivity contribution < 1.29 is 5.11 Å². The SMILES string of the molecule is CC1CC[C@]2(C)CC[C@]3(C)C4=CCC5C(C)(C)[C@@H](O)CC[C@]5(C)C4CCC3(C)[C@@H]2[C@H]1C. The van der Waals surface area contributed by atoms with Crippen LogP contribution in [0.3, 0.4) is 0 Å². The van der Waals surface area contributed by atoms with Crippen molar-refractivity contribution >= 4 is 0 Å². The van der Waals surface area contributed by atoms with Gasteiger partial charge in [0.15, 0.2) is 0 Å². The molecule has 0 aromatic carbocycles. The van der Waals surface area contributed by atoms with Gasteiger partial charge in [-0.1, -0.05) is 67.0 Å². The van der Waals surface area contributed by atoms with Crippen LogP contribution in [0.4, 0.5) is 0 Å². The average Bonchev–Trinajstić information content (AvgIpc) is 2.70. The average molecular weight is 427 g/mol. The molecule has 4 fully saturated rings. The molecule has 4 saturated carbocycles. The van der Waals surface area contributed by atoms with Gasteiger partial charge in [0.1, 0.15) is 0 Å². The molecule has 1 N–H and O–H groups in total. The summed E-state index contributed by atoms with van der Waals surface area (Å²) in [6.45, 7) is 20.5. The van der Waals surface area contributed by atoms with Crippen LogP contribution in [0.2, 0.25) is 0 Å². The third-order valence-corrected chi connectivity index (χ3v) is 13.3. The number of aliphatic hydroxyl groups is 1. The predicted molar refractivity (Wildman–Crippen MR) is 131 cm³/mol. The van der Waals surface area contributed by atoms with Crippen LogP contribution in [0.15, 0.2) is 11.6 Å². The minimum absolute atomic E-state index is 0.0368. The molecule has 176 valence electrons. The van der Waals surface area contributed by atoms with Gasteiger partial charge in [-0.3, -0.25) is 0 Å². The van der Waals surface area contributed by atoms with Crippen molar-refractivity contribution in [2.75, 3.05) is 0 Å². The van der Waals surface area contributed by atoms with Gasteiger partial charge in [0.05, 0.1) is 6.10 Å².